The van der Waals surface area contributed by atoms with Gasteiger partial charge in [-0.3, -0.25) is 4.79 Å². The Balaban J connectivity index is 1.86. The highest BCUT2D eigenvalue weighted by Gasteiger charge is 2.16. The molecule has 1 aliphatic carbocycles. The van der Waals surface area contributed by atoms with E-state index in [-0.39, 0.29) is 5.91 Å². The van der Waals surface area contributed by atoms with Gasteiger partial charge in [-0.25, -0.2) is 0 Å². The van der Waals surface area contributed by atoms with Crippen LogP contribution in [0.25, 0.3) is 0 Å². The predicted molar refractivity (Wildman–Crippen MR) is 82.9 cm³/mol. The number of hydrogen-bond donors (Lipinski definition) is 1. The maximum Gasteiger partial charge on any atom is 0.234 e. The van der Waals surface area contributed by atoms with Crippen LogP contribution in [-0.2, 0) is 4.79 Å². The van der Waals surface area contributed by atoms with Crippen LogP contribution in [0.1, 0.15) is 25.7 Å². The summed E-state index contributed by atoms with van der Waals surface area (Å²) in [6.07, 6.45) is 5.09. The first-order valence-corrected chi connectivity index (χ1v) is 7.91. The van der Waals surface area contributed by atoms with Gasteiger partial charge in [0.05, 0.1) is 20.0 Å². The molecule has 1 aromatic carbocycles. The van der Waals surface area contributed by atoms with Gasteiger partial charge in [-0.1, -0.05) is 12.8 Å². The van der Waals surface area contributed by atoms with Crippen LogP contribution < -0.4 is 14.8 Å². The summed E-state index contributed by atoms with van der Waals surface area (Å²) in [7, 11) is 3.17. The smallest absolute Gasteiger partial charge is 0.234 e. The molecule has 110 valence electrons. The van der Waals surface area contributed by atoms with Gasteiger partial charge >= 0.3 is 0 Å². The van der Waals surface area contributed by atoms with Crippen molar-refractivity contribution in [2.24, 2.45) is 0 Å². The summed E-state index contributed by atoms with van der Waals surface area (Å²) in [5, 5.41) is 3.56. The molecule has 1 N–H and O–H groups in total. The highest BCUT2D eigenvalue weighted by molar-refractivity contribution is 8.00. The molecule has 0 bridgehead atoms. The molecule has 1 amide bonds. The molecule has 20 heavy (non-hydrogen) atoms. The van der Waals surface area contributed by atoms with Crippen LogP contribution in [0.2, 0.25) is 0 Å². The maximum absolute atomic E-state index is 11.9. The second-order valence-electron chi connectivity index (χ2n) is 4.84. The number of thioether (sulfide) groups is 1. The summed E-state index contributed by atoms with van der Waals surface area (Å²) >= 11 is 1.76. The van der Waals surface area contributed by atoms with Gasteiger partial charge in [-0.2, -0.15) is 0 Å². The first-order valence-electron chi connectivity index (χ1n) is 6.86. The molecule has 1 aromatic rings. The van der Waals surface area contributed by atoms with Crippen LogP contribution in [0, 0.1) is 0 Å². The largest absolute Gasteiger partial charge is 0.493 e. The lowest BCUT2D eigenvalue weighted by atomic mass is 10.2. The van der Waals surface area contributed by atoms with Gasteiger partial charge in [0.25, 0.3) is 0 Å². The quantitative estimate of drug-likeness (QED) is 0.874. The number of rotatable bonds is 6. The Bertz CT molecular complexity index is 458. The first kappa shape index (κ1) is 15.0. The Morgan fingerprint density at radius 3 is 2.60 bits per heavy atom. The lowest BCUT2D eigenvalue weighted by Gasteiger charge is -2.11. The number of nitrogens with one attached hydrogen (secondary N) is 1. The number of ether oxygens (including phenoxy) is 2. The molecular formula is C15H21NO3S. The number of benzene rings is 1. The Hall–Kier alpha value is -1.36. The van der Waals surface area contributed by atoms with Gasteiger partial charge in [0, 0.05) is 17.0 Å². The molecule has 4 nitrogen and oxygen atoms in total. The second-order valence-corrected chi connectivity index (χ2v) is 6.12. The minimum absolute atomic E-state index is 0.0362. The van der Waals surface area contributed by atoms with Crippen LogP contribution in [0.5, 0.6) is 11.5 Å². The van der Waals surface area contributed by atoms with Crippen LogP contribution >= 0.6 is 11.8 Å². The van der Waals surface area contributed by atoms with Gasteiger partial charge in [0.2, 0.25) is 5.91 Å². The van der Waals surface area contributed by atoms with Crippen molar-refractivity contribution in [3.8, 4) is 11.5 Å². The SMILES string of the molecule is COc1ccc(NC(=O)CSC2CCCC2)cc1OC. The summed E-state index contributed by atoms with van der Waals surface area (Å²) in [6, 6.07) is 5.38. The first-order chi connectivity index (χ1) is 9.72. The number of amides is 1. The van der Waals surface area contributed by atoms with Gasteiger partial charge in [-0.15, -0.1) is 11.8 Å². The molecule has 5 heteroatoms. The zero-order chi connectivity index (χ0) is 14.4. The van der Waals surface area contributed by atoms with Crippen molar-refractivity contribution in [1.82, 2.24) is 0 Å². The van der Waals surface area contributed by atoms with E-state index in [9.17, 15) is 4.79 Å². The van der Waals surface area contributed by atoms with E-state index < -0.39 is 0 Å². The topological polar surface area (TPSA) is 47.6 Å². The maximum atomic E-state index is 11.9. The second kappa shape index (κ2) is 7.43. The van der Waals surface area contributed by atoms with Crippen molar-refractivity contribution in [2.45, 2.75) is 30.9 Å². The predicted octanol–water partition coefficient (Wildman–Crippen LogP) is 3.32. The summed E-state index contributed by atoms with van der Waals surface area (Å²) < 4.78 is 10.4. The van der Waals surface area contributed by atoms with E-state index >= 15 is 0 Å². The molecule has 0 atom stereocenters. The van der Waals surface area contributed by atoms with Gasteiger partial charge < -0.3 is 14.8 Å². The van der Waals surface area contributed by atoms with E-state index in [0.717, 1.165) is 5.69 Å². The molecule has 0 spiro atoms. The Labute approximate surface area is 124 Å². The minimum Gasteiger partial charge on any atom is -0.493 e. The fourth-order valence-corrected chi connectivity index (χ4v) is 3.49. The number of anilines is 1. The molecule has 0 aromatic heterocycles. The van der Waals surface area contributed by atoms with E-state index in [0.29, 0.717) is 22.5 Å². The van der Waals surface area contributed by atoms with Gasteiger partial charge in [0.15, 0.2) is 11.5 Å². The average molecular weight is 295 g/mol. The molecule has 0 unspecified atom stereocenters. The third kappa shape index (κ3) is 4.07. The summed E-state index contributed by atoms with van der Waals surface area (Å²) in [6.45, 7) is 0. The number of hydrogen-bond acceptors (Lipinski definition) is 4. The summed E-state index contributed by atoms with van der Waals surface area (Å²) in [5.74, 6) is 1.83. The van der Waals surface area contributed by atoms with Crippen molar-refractivity contribution in [2.75, 3.05) is 25.3 Å². The van der Waals surface area contributed by atoms with Crippen LogP contribution in [0.15, 0.2) is 18.2 Å². The third-order valence-electron chi connectivity index (χ3n) is 3.42. The standard InChI is InChI=1S/C15H21NO3S/c1-18-13-8-7-11(9-14(13)19-2)16-15(17)10-20-12-5-3-4-6-12/h7-9,12H,3-6,10H2,1-2H3,(H,16,17). The van der Waals surface area contributed by atoms with Crippen molar-refractivity contribution >= 4 is 23.4 Å². The Morgan fingerprint density at radius 1 is 1.25 bits per heavy atom. The van der Waals surface area contributed by atoms with Gasteiger partial charge in [0.1, 0.15) is 0 Å². The highest BCUT2D eigenvalue weighted by Crippen LogP contribution is 2.31. The summed E-state index contributed by atoms with van der Waals surface area (Å²) in [5.41, 5.74) is 0.736. The lowest BCUT2D eigenvalue weighted by molar-refractivity contribution is -0.113. The summed E-state index contributed by atoms with van der Waals surface area (Å²) in [4.78, 5) is 11.9. The lowest BCUT2D eigenvalue weighted by Crippen LogP contribution is -2.15. The molecule has 0 aliphatic heterocycles. The van der Waals surface area contributed by atoms with E-state index in [1.807, 2.05) is 6.07 Å². The number of methoxy groups -OCH3 is 2. The highest BCUT2D eigenvalue weighted by atomic mass is 32.2. The zero-order valence-electron chi connectivity index (χ0n) is 12.0. The average Bonchev–Trinajstić information content (AvgIpc) is 2.98. The monoisotopic (exact) mass is 295 g/mol. The van der Waals surface area contributed by atoms with E-state index in [2.05, 4.69) is 5.32 Å². The number of carbonyl (C=O) groups is 1. The third-order valence-corrected chi connectivity index (χ3v) is 4.79. The Morgan fingerprint density at radius 2 is 1.95 bits per heavy atom. The Kier molecular flexibility index (Phi) is 5.59. The van der Waals surface area contributed by atoms with E-state index in [4.69, 9.17) is 9.47 Å². The molecule has 0 saturated heterocycles. The molecular weight excluding hydrogens is 274 g/mol. The van der Waals surface area contributed by atoms with Crippen LogP contribution in [-0.4, -0.2) is 31.1 Å². The van der Waals surface area contributed by atoms with Gasteiger partial charge in [-0.05, 0) is 25.0 Å². The van der Waals surface area contributed by atoms with Crippen molar-refractivity contribution in [1.29, 1.82) is 0 Å². The molecule has 1 saturated carbocycles. The minimum atomic E-state index is 0.0362. The molecule has 2 rings (SSSR count). The van der Waals surface area contributed by atoms with E-state index in [1.54, 1.807) is 38.1 Å². The molecule has 1 fully saturated rings. The van der Waals surface area contributed by atoms with E-state index in [1.165, 1.54) is 25.7 Å². The molecule has 0 radical (unpaired) electrons. The number of carbonyl (C=O) groups excluding carboxylic acids is 1. The fourth-order valence-electron chi connectivity index (χ4n) is 2.36. The fraction of sp³-hybridized carbons (Fsp3) is 0.533. The van der Waals surface area contributed by atoms with Crippen LogP contribution in [0.4, 0.5) is 5.69 Å². The molecule has 0 heterocycles. The van der Waals surface area contributed by atoms with Crippen molar-refractivity contribution < 1.29 is 14.3 Å². The van der Waals surface area contributed by atoms with Crippen LogP contribution in [0.3, 0.4) is 0 Å². The van der Waals surface area contributed by atoms with Crippen molar-refractivity contribution in [3.63, 3.8) is 0 Å². The molecule has 1 aliphatic rings. The zero-order valence-corrected chi connectivity index (χ0v) is 12.8. The van der Waals surface area contributed by atoms with Crippen molar-refractivity contribution in [3.05, 3.63) is 18.2 Å². The normalized spacial score (nSPS) is 15.1.